The Morgan fingerprint density at radius 3 is 2.92 bits per heavy atom. The van der Waals surface area contributed by atoms with Crippen molar-refractivity contribution in [2.45, 2.75) is 20.3 Å². The van der Waals surface area contributed by atoms with Gasteiger partial charge in [0.15, 0.2) is 5.17 Å². The van der Waals surface area contributed by atoms with E-state index in [9.17, 15) is 9.59 Å². The van der Waals surface area contributed by atoms with Crippen LogP contribution in [0.4, 0.5) is 0 Å². The third-order valence-electron chi connectivity index (χ3n) is 3.13. The van der Waals surface area contributed by atoms with Gasteiger partial charge in [-0.1, -0.05) is 19.1 Å². The van der Waals surface area contributed by atoms with Crippen LogP contribution < -0.4 is 10.1 Å². The summed E-state index contributed by atoms with van der Waals surface area (Å²) < 4.78 is 10.2. The standard InChI is InChI=1S/C17H19N3O4S/c1-4-7-24-13-8-12(6-5-11(13)2)10-18-20-17-19-16(22)14(25-17)9-15(21)23-3/h5-6,8-10H,4,7H2,1-3H3,(H,19,20,22)/b14-9+,18-10?. The van der Waals surface area contributed by atoms with Gasteiger partial charge in [0, 0.05) is 6.08 Å². The Hall–Kier alpha value is -2.61. The average molecular weight is 361 g/mol. The summed E-state index contributed by atoms with van der Waals surface area (Å²) in [6, 6.07) is 5.74. The monoisotopic (exact) mass is 361 g/mol. The fourth-order valence-corrected chi connectivity index (χ4v) is 2.59. The highest BCUT2D eigenvalue weighted by Crippen LogP contribution is 2.23. The number of esters is 1. The quantitative estimate of drug-likeness (QED) is 0.364. The topological polar surface area (TPSA) is 89.4 Å². The lowest BCUT2D eigenvalue weighted by atomic mass is 10.1. The SMILES string of the molecule is CCCOc1cc(C=N/N=C2/NC(=O)/C(=C\C(=O)OC)S2)ccc1C. The minimum Gasteiger partial charge on any atom is -0.493 e. The third kappa shape index (κ3) is 5.46. The molecule has 0 unspecified atom stereocenters. The molecule has 1 aromatic rings. The van der Waals surface area contributed by atoms with Crippen LogP contribution in [0.3, 0.4) is 0 Å². The van der Waals surface area contributed by atoms with Gasteiger partial charge in [0.25, 0.3) is 5.91 Å². The van der Waals surface area contributed by atoms with Gasteiger partial charge in [-0.15, -0.1) is 5.10 Å². The van der Waals surface area contributed by atoms with Crippen LogP contribution in [0.1, 0.15) is 24.5 Å². The van der Waals surface area contributed by atoms with Crippen LogP contribution in [-0.4, -0.2) is 37.0 Å². The number of hydrogen-bond acceptors (Lipinski definition) is 7. The highest BCUT2D eigenvalue weighted by molar-refractivity contribution is 8.18. The molecule has 1 amide bonds. The lowest BCUT2D eigenvalue weighted by molar-refractivity contribution is -0.135. The van der Waals surface area contributed by atoms with E-state index in [1.807, 2.05) is 32.0 Å². The van der Waals surface area contributed by atoms with Gasteiger partial charge in [0.1, 0.15) is 5.75 Å². The van der Waals surface area contributed by atoms with Crippen LogP contribution in [0.15, 0.2) is 39.4 Å². The highest BCUT2D eigenvalue weighted by Gasteiger charge is 2.24. The largest absolute Gasteiger partial charge is 0.493 e. The molecule has 0 atom stereocenters. The summed E-state index contributed by atoms with van der Waals surface area (Å²) in [6.07, 6.45) is 3.62. The predicted molar refractivity (Wildman–Crippen MR) is 97.8 cm³/mol. The molecule has 25 heavy (non-hydrogen) atoms. The first-order valence-corrected chi connectivity index (χ1v) is 8.48. The summed E-state index contributed by atoms with van der Waals surface area (Å²) in [5.41, 5.74) is 1.88. The second-order valence-electron chi connectivity index (χ2n) is 5.11. The van der Waals surface area contributed by atoms with Crippen molar-refractivity contribution in [1.29, 1.82) is 0 Å². The van der Waals surface area contributed by atoms with Crippen molar-refractivity contribution < 1.29 is 19.1 Å². The van der Waals surface area contributed by atoms with Gasteiger partial charge in [-0.3, -0.25) is 10.1 Å². The van der Waals surface area contributed by atoms with Crippen molar-refractivity contribution in [2.75, 3.05) is 13.7 Å². The molecule has 0 saturated carbocycles. The van der Waals surface area contributed by atoms with E-state index in [0.29, 0.717) is 11.8 Å². The Labute approximate surface area is 150 Å². The van der Waals surface area contributed by atoms with E-state index in [1.54, 1.807) is 6.21 Å². The van der Waals surface area contributed by atoms with Crippen molar-refractivity contribution >= 4 is 35.0 Å². The molecule has 0 aliphatic carbocycles. The second-order valence-corrected chi connectivity index (χ2v) is 6.14. The van der Waals surface area contributed by atoms with Gasteiger partial charge in [0.05, 0.1) is 24.8 Å². The number of carbonyl (C=O) groups excluding carboxylic acids is 2. The molecule has 1 aliphatic rings. The molecular weight excluding hydrogens is 342 g/mol. The molecule has 1 aromatic carbocycles. The molecule has 0 bridgehead atoms. The number of nitrogens with zero attached hydrogens (tertiary/aromatic N) is 2. The van der Waals surface area contributed by atoms with Gasteiger partial charge in [0.2, 0.25) is 0 Å². The number of ether oxygens (including phenoxy) is 2. The van der Waals surface area contributed by atoms with Gasteiger partial charge in [-0.25, -0.2) is 4.79 Å². The molecule has 1 aliphatic heterocycles. The van der Waals surface area contributed by atoms with E-state index in [0.717, 1.165) is 41.1 Å². The molecule has 1 N–H and O–H groups in total. The van der Waals surface area contributed by atoms with E-state index in [-0.39, 0.29) is 4.91 Å². The zero-order valence-electron chi connectivity index (χ0n) is 14.2. The molecular formula is C17H19N3O4S. The first-order valence-electron chi connectivity index (χ1n) is 7.66. The van der Waals surface area contributed by atoms with E-state index < -0.39 is 11.9 Å². The molecule has 1 saturated heterocycles. The number of amidine groups is 1. The maximum Gasteiger partial charge on any atom is 0.331 e. The first-order chi connectivity index (χ1) is 12.0. The summed E-state index contributed by atoms with van der Waals surface area (Å²) >= 11 is 1.03. The lowest BCUT2D eigenvalue weighted by Gasteiger charge is -2.08. The van der Waals surface area contributed by atoms with E-state index in [4.69, 9.17) is 4.74 Å². The first kappa shape index (κ1) is 18.7. The summed E-state index contributed by atoms with van der Waals surface area (Å²) in [7, 11) is 1.25. The van der Waals surface area contributed by atoms with Crippen molar-refractivity contribution in [3.63, 3.8) is 0 Å². The lowest BCUT2D eigenvalue weighted by Crippen LogP contribution is -2.19. The highest BCUT2D eigenvalue weighted by atomic mass is 32.2. The maximum absolute atomic E-state index is 11.7. The van der Waals surface area contributed by atoms with Crippen LogP contribution in [0, 0.1) is 6.92 Å². The predicted octanol–water partition coefficient (Wildman–Crippen LogP) is 2.39. The Morgan fingerprint density at radius 2 is 2.20 bits per heavy atom. The molecule has 0 radical (unpaired) electrons. The molecule has 1 heterocycles. The third-order valence-corrected chi connectivity index (χ3v) is 4.03. The number of thioether (sulfide) groups is 1. The summed E-state index contributed by atoms with van der Waals surface area (Å²) in [5, 5.41) is 10.7. The van der Waals surface area contributed by atoms with Crippen molar-refractivity contribution in [3.05, 3.63) is 40.3 Å². The number of amides is 1. The van der Waals surface area contributed by atoms with Gasteiger partial charge < -0.3 is 9.47 Å². The van der Waals surface area contributed by atoms with Crippen LogP contribution in [-0.2, 0) is 14.3 Å². The van der Waals surface area contributed by atoms with Gasteiger partial charge >= 0.3 is 5.97 Å². The number of benzene rings is 1. The van der Waals surface area contributed by atoms with Gasteiger partial charge in [-0.2, -0.15) is 5.10 Å². The summed E-state index contributed by atoms with van der Waals surface area (Å²) in [5.74, 6) is -0.193. The number of carbonyl (C=O) groups is 2. The molecule has 1 fully saturated rings. The number of methoxy groups -OCH3 is 1. The van der Waals surface area contributed by atoms with Crippen LogP contribution in [0.25, 0.3) is 0 Å². The average Bonchev–Trinajstić information content (AvgIpc) is 2.94. The number of rotatable bonds is 6. The normalized spacial score (nSPS) is 17.3. The molecule has 0 spiro atoms. The minimum atomic E-state index is -0.596. The van der Waals surface area contributed by atoms with Crippen LogP contribution in [0.2, 0.25) is 0 Å². The molecule has 0 aromatic heterocycles. The number of hydrogen-bond donors (Lipinski definition) is 1. The molecule has 8 heteroatoms. The Balaban J connectivity index is 2.05. The van der Waals surface area contributed by atoms with Crippen LogP contribution >= 0.6 is 11.8 Å². The zero-order chi connectivity index (χ0) is 18.2. The fraction of sp³-hybridized carbons (Fsp3) is 0.294. The Kier molecular flexibility index (Phi) is 6.76. The second kappa shape index (κ2) is 9.03. The van der Waals surface area contributed by atoms with Crippen molar-refractivity contribution in [3.8, 4) is 5.75 Å². The maximum atomic E-state index is 11.7. The van der Waals surface area contributed by atoms with Crippen LogP contribution in [0.5, 0.6) is 5.75 Å². The van der Waals surface area contributed by atoms with Gasteiger partial charge in [-0.05, 0) is 42.3 Å². The van der Waals surface area contributed by atoms with E-state index in [1.165, 1.54) is 7.11 Å². The fourth-order valence-electron chi connectivity index (χ4n) is 1.85. The number of nitrogens with one attached hydrogen (secondary N) is 1. The van der Waals surface area contributed by atoms with Crippen molar-refractivity contribution in [1.82, 2.24) is 5.32 Å². The van der Waals surface area contributed by atoms with E-state index in [2.05, 4.69) is 20.3 Å². The van der Waals surface area contributed by atoms with E-state index >= 15 is 0 Å². The zero-order valence-corrected chi connectivity index (χ0v) is 15.1. The molecule has 7 nitrogen and oxygen atoms in total. The molecule has 2 rings (SSSR count). The smallest absolute Gasteiger partial charge is 0.331 e. The van der Waals surface area contributed by atoms with Crippen molar-refractivity contribution in [2.24, 2.45) is 10.2 Å². The Bertz CT molecular complexity index is 756. The number of aryl methyl sites for hydroxylation is 1. The Morgan fingerprint density at radius 1 is 1.40 bits per heavy atom. The minimum absolute atomic E-state index is 0.214. The molecule has 132 valence electrons. The summed E-state index contributed by atoms with van der Waals surface area (Å²) in [4.78, 5) is 23.1. The summed E-state index contributed by atoms with van der Waals surface area (Å²) in [6.45, 7) is 4.68.